The van der Waals surface area contributed by atoms with E-state index >= 15 is 0 Å². The molecule has 35 heavy (non-hydrogen) atoms. The van der Waals surface area contributed by atoms with E-state index in [0.29, 0.717) is 22.6 Å². The summed E-state index contributed by atoms with van der Waals surface area (Å²) in [5.74, 6) is -0.0132. The summed E-state index contributed by atoms with van der Waals surface area (Å²) in [4.78, 5) is 24.4. The molecule has 2 N–H and O–H groups in total. The molecule has 1 amide bonds. The standard InChI is InChI=1S/C30H27NO4/c1-21(22-12-14-24(15-13-22)23-8-4-2-5-9-23)31-30(34)28-20-27(35-26-10-6-3-7-11-26)18-16-25(28)17-19-29(32)33/h2-16,18,20-21H,17,19H2,1H3,(H,31,34)(H,32,33). The second kappa shape index (κ2) is 11.2. The first kappa shape index (κ1) is 23.8. The number of para-hydroxylation sites is 1. The number of carbonyl (C=O) groups excluding carboxylic acids is 1. The Morgan fingerprint density at radius 2 is 1.43 bits per heavy atom. The van der Waals surface area contributed by atoms with Crippen molar-refractivity contribution in [1.82, 2.24) is 5.32 Å². The Kier molecular flexibility index (Phi) is 7.58. The Morgan fingerprint density at radius 3 is 2.09 bits per heavy atom. The molecule has 4 rings (SSSR count). The first-order valence-corrected chi connectivity index (χ1v) is 11.5. The summed E-state index contributed by atoms with van der Waals surface area (Å²) in [7, 11) is 0. The van der Waals surface area contributed by atoms with Crippen LogP contribution in [-0.4, -0.2) is 17.0 Å². The molecule has 0 saturated heterocycles. The van der Waals surface area contributed by atoms with Crippen LogP contribution in [0.1, 0.15) is 40.9 Å². The molecule has 0 spiro atoms. The van der Waals surface area contributed by atoms with Crippen molar-refractivity contribution in [2.24, 2.45) is 0 Å². The number of ether oxygens (including phenoxy) is 1. The Balaban J connectivity index is 1.53. The number of benzene rings is 4. The third-order valence-electron chi connectivity index (χ3n) is 5.78. The van der Waals surface area contributed by atoms with Crippen LogP contribution in [0.2, 0.25) is 0 Å². The van der Waals surface area contributed by atoms with Gasteiger partial charge in [-0.25, -0.2) is 0 Å². The summed E-state index contributed by atoms with van der Waals surface area (Å²) in [6, 6.07) is 32.5. The number of rotatable bonds is 9. The minimum Gasteiger partial charge on any atom is -0.481 e. The highest BCUT2D eigenvalue weighted by Crippen LogP contribution is 2.26. The molecule has 4 aromatic carbocycles. The second-order valence-electron chi connectivity index (χ2n) is 8.31. The lowest BCUT2D eigenvalue weighted by atomic mass is 9.99. The minimum atomic E-state index is -0.909. The first-order chi connectivity index (χ1) is 17.0. The van der Waals surface area contributed by atoms with E-state index in [1.807, 2.05) is 79.7 Å². The number of hydrogen-bond acceptors (Lipinski definition) is 3. The molecule has 1 atom stereocenters. The van der Waals surface area contributed by atoms with Gasteiger partial charge in [-0.15, -0.1) is 0 Å². The van der Waals surface area contributed by atoms with Crippen LogP contribution in [0.5, 0.6) is 11.5 Å². The van der Waals surface area contributed by atoms with Crippen molar-refractivity contribution >= 4 is 11.9 Å². The van der Waals surface area contributed by atoms with Crippen molar-refractivity contribution in [3.8, 4) is 22.6 Å². The Labute approximate surface area is 205 Å². The van der Waals surface area contributed by atoms with Crippen LogP contribution in [0.25, 0.3) is 11.1 Å². The molecule has 0 radical (unpaired) electrons. The quantitative estimate of drug-likeness (QED) is 0.290. The summed E-state index contributed by atoms with van der Waals surface area (Å²) < 4.78 is 5.90. The fourth-order valence-corrected chi connectivity index (χ4v) is 3.87. The molecule has 0 bridgehead atoms. The summed E-state index contributed by atoms with van der Waals surface area (Å²) in [5, 5.41) is 12.2. The predicted octanol–water partition coefficient (Wildman–Crippen LogP) is 6.65. The molecule has 176 valence electrons. The third kappa shape index (κ3) is 6.36. The molecule has 0 aliphatic rings. The van der Waals surface area contributed by atoms with Gasteiger partial charge >= 0.3 is 5.97 Å². The fraction of sp³-hybridized carbons (Fsp3) is 0.133. The van der Waals surface area contributed by atoms with Gasteiger partial charge in [-0.3, -0.25) is 9.59 Å². The van der Waals surface area contributed by atoms with Crippen molar-refractivity contribution in [3.63, 3.8) is 0 Å². The van der Waals surface area contributed by atoms with E-state index in [1.54, 1.807) is 18.2 Å². The van der Waals surface area contributed by atoms with E-state index < -0.39 is 5.97 Å². The first-order valence-electron chi connectivity index (χ1n) is 11.5. The van der Waals surface area contributed by atoms with Gasteiger partial charge in [0, 0.05) is 12.0 Å². The monoisotopic (exact) mass is 465 g/mol. The molecule has 0 aliphatic heterocycles. The molecule has 1 unspecified atom stereocenters. The van der Waals surface area contributed by atoms with Crippen LogP contribution in [0, 0.1) is 0 Å². The molecule has 0 aromatic heterocycles. The average molecular weight is 466 g/mol. The topological polar surface area (TPSA) is 75.6 Å². The lowest BCUT2D eigenvalue weighted by Crippen LogP contribution is -2.27. The highest BCUT2D eigenvalue weighted by atomic mass is 16.5. The van der Waals surface area contributed by atoms with Gasteiger partial charge < -0.3 is 15.2 Å². The van der Waals surface area contributed by atoms with E-state index in [9.17, 15) is 9.59 Å². The van der Waals surface area contributed by atoms with Crippen molar-refractivity contribution < 1.29 is 19.4 Å². The van der Waals surface area contributed by atoms with Gasteiger partial charge in [0.2, 0.25) is 0 Å². The fourth-order valence-electron chi connectivity index (χ4n) is 3.87. The second-order valence-corrected chi connectivity index (χ2v) is 8.31. The van der Waals surface area contributed by atoms with E-state index in [4.69, 9.17) is 9.84 Å². The number of aliphatic carboxylic acids is 1. The molecular weight excluding hydrogens is 438 g/mol. The number of carboxylic acid groups (broad SMARTS) is 1. The molecule has 0 saturated carbocycles. The summed E-state index contributed by atoms with van der Waals surface area (Å²) >= 11 is 0. The van der Waals surface area contributed by atoms with Gasteiger partial charge in [0.25, 0.3) is 5.91 Å². The summed E-state index contributed by atoms with van der Waals surface area (Å²) in [6.45, 7) is 1.93. The van der Waals surface area contributed by atoms with Gasteiger partial charge in [-0.05, 0) is 59.9 Å². The van der Waals surface area contributed by atoms with Crippen LogP contribution < -0.4 is 10.1 Å². The predicted molar refractivity (Wildman–Crippen MR) is 137 cm³/mol. The number of hydrogen-bond donors (Lipinski definition) is 2. The molecule has 0 aliphatic carbocycles. The summed E-state index contributed by atoms with van der Waals surface area (Å²) in [5.41, 5.74) is 4.29. The molecule has 5 nitrogen and oxygen atoms in total. The lowest BCUT2D eigenvalue weighted by Gasteiger charge is -2.17. The molecule has 0 fully saturated rings. The van der Waals surface area contributed by atoms with Crippen LogP contribution in [0.4, 0.5) is 0 Å². The third-order valence-corrected chi connectivity index (χ3v) is 5.78. The number of amides is 1. The van der Waals surface area contributed by atoms with Gasteiger partial charge in [0.15, 0.2) is 0 Å². The Hall–Kier alpha value is -4.38. The summed E-state index contributed by atoms with van der Waals surface area (Å²) in [6.07, 6.45) is 0.194. The van der Waals surface area contributed by atoms with Gasteiger partial charge in [0.1, 0.15) is 11.5 Å². The highest BCUT2D eigenvalue weighted by molar-refractivity contribution is 5.96. The minimum absolute atomic E-state index is 0.0599. The maximum Gasteiger partial charge on any atom is 0.303 e. The molecular formula is C30H27NO4. The maximum absolute atomic E-state index is 13.3. The van der Waals surface area contributed by atoms with E-state index in [2.05, 4.69) is 17.4 Å². The van der Waals surface area contributed by atoms with Gasteiger partial charge in [-0.1, -0.05) is 78.9 Å². The highest BCUT2D eigenvalue weighted by Gasteiger charge is 2.17. The van der Waals surface area contributed by atoms with Crippen molar-refractivity contribution in [2.45, 2.75) is 25.8 Å². The van der Waals surface area contributed by atoms with Crippen molar-refractivity contribution in [2.75, 3.05) is 0 Å². The normalized spacial score (nSPS) is 11.5. The molecule has 0 heterocycles. The van der Waals surface area contributed by atoms with Gasteiger partial charge in [0.05, 0.1) is 6.04 Å². The van der Waals surface area contributed by atoms with E-state index in [0.717, 1.165) is 16.7 Å². The number of nitrogens with one attached hydrogen (secondary N) is 1. The number of carbonyl (C=O) groups is 2. The van der Waals surface area contributed by atoms with Crippen LogP contribution >= 0.6 is 0 Å². The number of aryl methyl sites for hydroxylation is 1. The zero-order chi connectivity index (χ0) is 24.6. The smallest absolute Gasteiger partial charge is 0.303 e. The van der Waals surface area contributed by atoms with Crippen LogP contribution in [-0.2, 0) is 11.2 Å². The molecule has 5 heteroatoms. The van der Waals surface area contributed by atoms with Gasteiger partial charge in [-0.2, -0.15) is 0 Å². The maximum atomic E-state index is 13.3. The Bertz CT molecular complexity index is 1290. The Morgan fingerprint density at radius 1 is 0.800 bits per heavy atom. The zero-order valence-electron chi connectivity index (χ0n) is 19.5. The van der Waals surface area contributed by atoms with E-state index in [1.165, 1.54) is 0 Å². The lowest BCUT2D eigenvalue weighted by molar-refractivity contribution is -0.136. The van der Waals surface area contributed by atoms with Crippen LogP contribution in [0.15, 0.2) is 103 Å². The van der Waals surface area contributed by atoms with Crippen LogP contribution in [0.3, 0.4) is 0 Å². The largest absolute Gasteiger partial charge is 0.481 e. The number of carboxylic acids is 1. The zero-order valence-corrected chi connectivity index (χ0v) is 19.5. The average Bonchev–Trinajstić information content (AvgIpc) is 2.89. The van der Waals surface area contributed by atoms with Crippen molar-refractivity contribution in [1.29, 1.82) is 0 Å². The van der Waals surface area contributed by atoms with Crippen molar-refractivity contribution in [3.05, 3.63) is 120 Å². The molecule has 4 aromatic rings. The van der Waals surface area contributed by atoms with E-state index in [-0.39, 0.29) is 24.8 Å². The SMILES string of the molecule is CC(NC(=O)c1cc(Oc2ccccc2)ccc1CCC(=O)O)c1ccc(-c2ccccc2)cc1.